The number of nitrogens with two attached hydrogens (primary N) is 1. The summed E-state index contributed by atoms with van der Waals surface area (Å²) in [6.07, 6.45) is 3.19. The van der Waals surface area contributed by atoms with Crippen molar-refractivity contribution in [3.05, 3.63) is 11.1 Å². The molecule has 1 aliphatic rings. The summed E-state index contributed by atoms with van der Waals surface area (Å²) in [6.45, 7) is 7.72. The van der Waals surface area contributed by atoms with Gasteiger partial charge in [-0.15, -0.1) is 11.3 Å². The smallest absolute Gasteiger partial charge is 0.185 e. The molecule has 2 heterocycles. The summed E-state index contributed by atoms with van der Waals surface area (Å²) >= 11 is 1.73. The average Bonchev–Trinajstić information content (AvgIpc) is 2.71. The summed E-state index contributed by atoms with van der Waals surface area (Å²) in [7, 11) is 0. The second-order valence-electron chi connectivity index (χ2n) is 4.68. The SMILES string of the molecule is CC1CC(C)N(c2ncc(C(C)N)s2)C1. The zero-order valence-electron chi connectivity index (χ0n) is 9.60. The van der Waals surface area contributed by atoms with Crippen LogP contribution in [0.3, 0.4) is 0 Å². The average molecular weight is 225 g/mol. The first-order valence-corrected chi connectivity index (χ1v) is 6.37. The maximum absolute atomic E-state index is 5.84. The van der Waals surface area contributed by atoms with Crippen LogP contribution in [0.5, 0.6) is 0 Å². The van der Waals surface area contributed by atoms with Gasteiger partial charge in [0.15, 0.2) is 5.13 Å². The van der Waals surface area contributed by atoms with Crippen molar-refractivity contribution in [2.24, 2.45) is 11.7 Å². The van der Waals surface area contributed by atoms with Crippen LogP contribution in [0.4, 0.5) is 5.13 Å². The fourth-order valence-electron chi connectivity index (χ4n) is 2.19. The molecule has 2 rings (SSSR count). The Hall–Kier alpha value is -0.610. The summed E-state index contributed by atoms with van der Waals surface area (Å²) < 4.78 is 0. The second kappa shape index (κ2) is 4.10. The zero-order chi connectivity index (χ0) is 11.0. The summed E-state index contributed by atoms with van der Waals surface area (Å²) in [5, 5.41) is 1.14. The molecule has 1 fully saturated rings. The largest absolute Gasteiger partial charge is 0.345 e. The molecule has 1 aromatic rings. The van der Waals surface area contributed by atoms with Gasteiger partial charge in [-0.2, -0.15) is 0 Å². The Morgan fingerprint density at radius 2 is 2.33 bits per heavy atom. The van der Waals surface area contributed by atoms with E-state index >= 15 is 0 Å². The zero-order valence-corrected chi connectivity index (χ0v) is 10.4. The highest BCUT2D eigenvalue weighted by atomic mass is 32.1. The van der Waals surface area contributed by atoms with Gasteiger partial charge in [0.1, 0.15) is 0 Å². The summed E-state index contributed by atoms with van der Waals surface area (Å²) in [4.78, 5) is 8.05. The van der Waals surface area contributed by atoms with Crippen LogP contribution in [0.25, 0.3) is 0 Å². The van der Waals surface area contributed by atoms with Gasteiger partial charge in [-0.3, -0.25) is 0 Å². The number of nitrogens with zero attached hydrogens (tertiary/aromatic N) is 2. The van der Waals surface area contributed by atoms with Gasteiger partial charge in [0.2, 0.25) is 0 Å². The van der Waals surface area contributed by atoms with Crippen molar-refractivity contribution in [1.29, 1.82) is 0 Å². The molecule has 2 N–H and O–H groups in total. The molecule has 1 aromatic heterocycles. The lowest BCUT2D eigenvalue weighted by molar-refractivity contribution is 0.625. The quantitative estimate of drug-likeness (QED) is 0.840. The maximum atomic E-state index is 5.84. The van der Waals surface area contributed by atoms with Gasteiger partial charge in [0.25, 0.3) is 0 Å². The minimum absolute atomic E-state index is 0.103. The Morgan fingerprint density at radius 3 is 2.80 bits per heavy atom. The predicted octanol–water partition coefficient (Wildman–Crippen LogP) is 2.40. The van der Waals surface area contributed by atoms with Gasteiger partial charge < -0.3 is 10.6 Å². The summed E-state index contributed by atoms with van der Waals surface area (Å²) in [6, 6.07) is 0.721. The number of thiazole rings is 1. The molecule has 3 nitrogen and oxygen atoms in total. The number of hydrogen-bond acceptors (Lipinski definition) is 4. The molecule has 15 heavy (non-hydrogen) atoms. The lowest BCUT2D eigenvalue weighted by Gasteiger charge is -2.19. The maximum Gasteiger partial charge on any atom is 0.185 e. The Balaban J connectivity index is 2.15. The highest BCUT2D eigenvalue weighted by molar-refractivity contribution is 7.15. The number of anilines is 1. The standard InChI is InChI=1S/C11H19N3S/c1-7-4-8(2)14(6-7)11-13-5-10(15-11)9(3)12/h5,7-9H,4,6,12H2,1-3H3. The second-order valence-corrected chi connectivity index (χ2v) is 5.72. The summed E-state index contributed by atoms with van der Waals surface area (Å²) in [5.74, 6) is 0.780. The van der Waals surface area contributed by atoms with Gasteiger partial charge in [-0.25, -0.2) is 4.98 Å². The highest BCUT2D eigenvalue weighted by Crippen LogP contribution is 2.33. The van der Waals surface area contributed by atoms with Crippen molar-refractivity contribution in [3.63, 3.8) is 0 Å². The molecule has 3 atom stereocenters. The Bertz CT molecular complexity index is 334. The van der Waals surface area contributed by atoms with Gasteiger partial charge >= 0.3 is 0 Å². The Morgan fingerprint density at radius 1 is 1.60 bits per heavy atom. The van der Waals surface area contributed by atoms with Crippen LogP contribution >= 0.6 is 11.3 Å². The molecule has 0 bridgehead atoms. The third-order valence-corrected chi connectivity index (χ3v) is 4.23. The molecular formula is C11H19N3S. The van der Waals surface area contributed by atoms with Crippen LogP contribution < -0.4 is 10.6 Å². The van der Waals surface area contributed by atoms with E-state index in [9.17, 15) is 0 Å². The highest BCUT2D eigenvalue weighted by Gasteiger charge is 2.28. The molecule has 0 radical (unpaired) electrons. The minimum atomic E-state index is 0.103. The fourth-order valence-corrected chi connectivity index (χ4v) is 3.17. The molecule has 0 aliphatic carbocycles. The van der Waals surface area contributed by atoms with Crippen molar-refractivity contribution in [1.82, 2.24) is 4.98 Å². The predicted molar refractivity (Wildman–Crippen MR) is 65.3 cm³/mol. The van der Waals surface area contributed by atoms with E-state index in [1.54, 1.807) is 11.3 Å². The van der Waals surface area contributed by atoms with E-state index in [-0.39, 0.29) is 6.04 Å². The Labute approximate surface area is 95.3 Å². The van der Waals surface area contributed by atoms with E-state index in [4.69, 9.17) is 5.73 Å². The van der Waals surface area contributed by atoms with Crippen LogP contribution in [-0.2, 0) is 0 Å². The molecular weight excluding hydrogens is 206 g/mol. The van der Waals surface area contributed by atoms with Gasteiger partial charge in [-0.05, 0) is 26.2 Å². The van der Waals surface area contributed by atoms with Crippen LogP contribution in [0.15, 0.2) is 6.20 Å². The van der Waals surface area contributed by atoms with Crippen LogP contribution in [0.1, 0.15) is 38.1 Å². The van der Waals surface area contributed by atoms with Crippen molar-refractivity contribution in [3.8, 4) is 0 Å². The van der Waals surface area contributed by atoms with Gasteiger partial charge in [-0.1, -0.05) is 6.92 Å². The van der Waals surface area contributed by atoms with Crippen LogP contribution in [0.2, 0.25) is 0 Å². The molecule has 0 amide bonds. The third-order valence-electron chi connectivity index (χ3n) is 2.99. The van der Waals surface area contributed by atoms with Crippen molar-refractivity contribution in [2.75, 3.05) is 11.4 Å². The molecule has 0 saturated carbocycles. The number of rotatable bonds is 2. The van der Waals surface area contributed by atoms with Crippen molar-refractivity contribution < 1.29 is 0 Å². The molecule has 1 aliphatic heterocycles. The molecule has 4 heteroatoms. The van der Waals surface area contributed by atoms with Gasteiger partial charge in [0, 0.05) is 29.7 Å². The van der Waals surface area contributed by atoms with E-state index in [0.717, 1.165) is 17.6 Å². The van der Waals surface area contributed by atoms with E-state index < -0.39 is 0 Å². The topological polar surface area (TPSA) is 42.2 Å². The number of hydrogen-bond donors (Lipinski definition) is 1. The molecule has 0 spiro atoms. The fraction of sp³-hybridized carbons (Fsp3) is 0.727. The Kier molecular flexibility index (Phi) is 2.98. The van der Waals surface area contributed by atoms with Crippen molar-refractivity contribution >= 4 is 16.5 Å². The van der Waals surface area contributed by atoms with E-state index in [2.05, 4.69) is 23.7 Å². The summed E-state index contributed by atoms with van der Waals surface area (Å²) in [5.41, 5.74) is 5.84. The lowest BCUT2D eigenvalue weighted by atomic mass is 10.1. The van der Waals surface area contributed by atoms with E-state index in [1.807, 2.05) is 13.1 Å². The number of aromatic nitrogens is 1. The minimum Gasteiger partial charge on any atom is -0.345 e. The third kappa shape index (κ3) is 2.16. The normalized spacial score (nSPS) is 28.4. The monoisotopic (exact) mass is 225 g/mol. The molecule has 84 valence electrons. The van der Waals surface area contributed by atoms with Crippen molar-refractivity contribution in [2.45, 2.75) is 39.3 Å². The van der Waals surface area contributed by atoms with E-state index in [1.165, 1.54) is 11.3 Å². The lowest BCUT2D eigenvalue weighted by Crippen LogP contribution is -2.26. The first kappa shape index (κ1) is 10.9. The van der Waals surface area contributed by atoms with Crippen LogP contribution in [-0.4, -0.2) is 17.6 Å². The van der Waals surface area contributed by atoms with E-state index in [0.29, 0.717) is 6.04 Å². The first-order chi connectivity index (χ1) is 7.08. The molecule has 0 aromatic carbocycles. The molecule has 3 unspecified atom stereocenters. The van der Waals surface area contributed by atoms with Crippen LogP contribution in [0, 0.1) is 5.92 Å². The van der Waals surface area contributed by atoms with Gasteiger partial charge in [0.05, 0.1) is 0 Å². The first-order valence-electron chi connectivity index (χ1n) is 5.56. The molecule has 1 saturated heterocycles.